The molecular weight excluding hydrogens is 298 g/mol. The van der Waals surface area contributed by atoms with Crippen LogP contribution in [0.1, 0.15) is 18.9 Å². The lowest BCUT2D eigenvalue weighted by Crippen LogP contribution is -2.50. The molecule has 0 heterocycles. The minimum Gasteiger partial charge on any atom is -0.352 e. The number of carbonyl (C=O) groups excluding carboxylic acids is 2. The summed E-state index contributed by atoms with van der Waals surface area (Å²) in [4.78, 5) is 25.5. The molecule has 1 aromatic carbocycles. The minimum atomic E-state index is -0.654. The van der Waals surface area contributed by atoms with Crippen LogP contribution in [0.3, 0.4) is 0 Å². The van der Waals surface area contributed by atoms with E-state index in [2.05, 4.69) is 5.32 Å². The number of carbonyl (C=O) groups is 2. The third-order valence-corrected chi connectivity index (χ3v) is 4.08. The second kappa shape index (κ2) is 10.1. The van der Waals surface area contributed by atoms with Crippen molar-refractivity contribution >= 4 is 23.7 Å². The third kappa shape index (κ3) is 6.39. The van der Waals surface area contributed by atoms with Crippen molar-refractivity contribution in [1.29, 1.82) is 0 Å². The van der Waals surface area contributed by atoms with E-state index < -0.39 is 12.1 Å². The molecule has 22 heavy (non-hydrogen) atoms. The zero-order valence-electron chi connectivity index (χ0n) is 13.2. The highest BCUT2D eigenvalue weighted by atomic mass is 32.2. The maximum absolute atomic E-state index is 12.6. The van der Waals surface area contributed by atoms with E-state index in [4.69, 9.17) is 5.73 Å². The van der Waals surface area contributed by atoms with Crippen molar-refractivity contribution in [2.75, 3.05) is 25.1 Å². The van der Waals surface area contributed by atoms with Crippen molar-refractivity contribution in [2.24, 2.45) is 5.73 Å². The highest BCUT2D eigenvalue weighted by Crippen LogP contribution is 2.07. The van der Waals surface area contributed by atoms with Crippen LogP contribution in [-0.2, 0) is 11.2 Å². The van der Waals surface area contributed by atoms with E-state index in [1.165, 1.54) is 5.56 Å². The number of likely N-dealkylation sites (N-methyl/N-ethyl adjacent to an activating group) is 1. The summed E-state index contributed by atoms with van der Waals surface area (Å²) >= 11 is 1.64. The molecule has 1 atom stereocenters. The highest BCUT2D eigenvalue weighted by molar-refractivity contribution is 7.98. The van der Waals surface area contributed by atoms with Gasteiger partial charge < -0.3 is 16.0 Å². The van der Waals surface area contributed by atoms with E-state index in [0.29, 0.717) is 19.5 Å². The van der Waals surface area contributed by atoms with Gasteiger partial charge in [0.2, 0.25) is 5.91 Å². The largest absolute Gasteiger partial charge is 0.352 e. The van der Waals surface area contributed by atoms with Gasteiger partial charge >= 0.3 is 6.03 Å². The number of primary amides is 1. The van der Waals surface area contributed by atoms with E-state index in [0.717, 1.165) is 12.2 Å². The van der Waals surface area contributed by atoms with Crippen molar-refractivity contribution in [3.05, 3.63) is 35.9 Å². The van der Waals surface area contributed by atoms with Gasteiger partial charge in [0.05, 0.1) is 0 Å². The smallest absolute Gasteiger partial charge is 0.312 e. The van der Waals surface area contributed by atoms with Crippen LogP contribution in [0, 0.1) is 0 Å². The van der Waals surface area contributed by atoms with Crippen LogP contribution in [0.25, 0.3) is 0 Å². The maximum atomic E-state index is 12.6. The SMILES string of the molecule is CCN(CCc1ccccc1)C(=O)C(CCSC)NC(N)=O. The lowest BCUT2D eigenvalue weighted by molar-refractivity contribution is -0.133. The molecule has 0 aliphatic carbocycles. The van der Waals surface area contributed by atoms with Crippen molar-refractivity contribution < 1.29 is 9.59 Å². The van der Waals surface area contributed by atoms with E-state index in [9.17, 15) is 9.59 Å². The number of nitrogens with one attached hydrogen (secondary N) is 1. The van der Waals surface area contributed by atoms with E-state index >= 15 is 0 Å². The van der Waals surface area contributed by atoms with Crippen LogP contribution < -0.4 is 11.1 Å². The van der Waals surface area contributed by atoms with Crippen LogP contribution in [0.5, 0.6) is 0 Å². The number of benzene rings is 1. The molecule has 0 saturated carbocycles. The Morgan fingerprint density at radius 3 is 2.55 bits per heavy atom. The molecule has 0 fully saturated rings. The molecule has 3 N–H and O–H groups in total. The Labute approximate surface area is 136 Å². The zero-order valence-corrected chi connectivity index (χ0v) is 14.1. The predicted octanol–water partition coefficient (Wildman–Crippen LogP) is 1.87. The Kier molecular flexibility index (Phi) is 8.43. The first-order valence-electron chi connectivity index (χ1n) is 7.46. The lowest BCUT2D eigenvalue weighted by Gasteiger charge is -2.26. The fourth-order valence-corrected chi connectivity index (χ4v) is 2.69. The molecule has 0 aliphatic heterocycles. The number of hydrogen-bond donors (Lipinski definition) is 2. The van der Waals surface area contributed by atoms with Crippen molar-refractivity contribution in [2.45, 2.75) is 25.8 Å². The normalized spacial score (nSPS) is 11.7. The molecule has 0 radical (unpaired) electrons. The molecule has 1 rings (SSSR count). The molecular formula is C16H25N3O2S. The van der Waals surface area contributed by atoms with Crippen LogP contribution in [0.2, 0.25) is 0 Å². The molecule has 0 saturated heterocycles. The lowest BCUT2D eigenvalue weighted by atomic mass is 10.1. The number of amides is 3. The predicted molar refractivity (Wildman–Crippen MR) is 91.9 cm³/mol. The summed E-state index contributed by atoms with van der Waals surface area (Å²) in [7, 11) is 0. The first kappa shape index (κ1) is 18.4. The first-order valence-corrected chi connectivity index (χ1v) is 8.85. The van der Waals surface area contributed by atoms with Gasteiger partial charge in [-0.2, -0.15) is 11.8 Å². The van der Waals surface area contributed by atoms with Gasteiger partial charge in [-0.05, 0) is 37.3 Å². The summed E-state index contributed by atoms with van der Waals surface area (Å²) in [5, 5.41) is 2.56. The summed E-state index contributed by atoms with van der Waals surface area (Å²) in [6.07, 6.45) is 3.36. The molecule has 6 heteroatoms. The molecule has 0 bridgehead atoms. The van der Waals surface area contributed by atoms with Crippen LogP contribution in [0.4, 0.5) is 4.79 Å². The highest BCUT2D eigenvalue weighted by Gasteiger charge is 2.23. The molecule has 5 nitrogen and oxygen atoms in total. The molecule has 0 aromatic heterocycles. The van der Waals surface area contributed by atoms with Crippen molar-refractivity contribution in [1.82, 2.24) is 10.2 Å². The third-order valence-electron chi connectivity index (χ3n) is 3.43. The average Bonchev–Trinajstić information content (AvgIpc) is 2.52. The van der Waals surface area contributed by atoms with Crippen LogP contribution >= 0.6 is 11.8 Å². The van der Waals surface area contributed by atoms with E-state index in [1.807, 2.05) is 43.5 Å². The van der Waals surface area contributed by atoms with E-state index in [-0.39, 0.29) is 5.91 Å². The summed E-state index contributed by atoms with van der Waals surface area (Å²) in [6.45, 7) is 3.19. The Morgan fingerprint density at radius 2 is 2.00 bits per heavy atom. The molecule has 3 amide bonds. The van der Waals surface area contributed by atoms with Gasteiger partial charge in [-0.3, -0.25) is 4.79 Å². The van der Waals surface area contributed by atoms with Crippen molar-refractivity contribution in [3.63, 3.8) is 0 Å². The van der Waals surface area contributed by atoms with Gasteiger partial charge in [0.25, 0.3) is 0 Å². The minimum absolute atomic E-state index is 0.0636. The van der Waals surface area contributed by atoms with E-state index in [1.54, 1.807) is 16.7 Å². The topological polar surface area (TPSA) is 75.4 Å². The Hall–Kier alpha value is -1.69. The molecule has 1 aromatic rings. The number of nitrogens with zero attached hydrogens (tertiary/aromatic N) is 1. The first-order chi connectivity index (χ1) is 10.6. The van der Waals surface area contributed by atoms with Gasteiger partial charge in [0.1, 0.15) is 6.04 Å². The molecule has 122 valence electrons. The maximum Gasteiger partial charge on any atom is 0.312 e. The average molecular weight is 323 g/mol. The molecule has 0 aliphatic rings. The fraction of sp³-hybridized carbons (Fsp3) is 0.500. The summed E-state index contributed by atoms with van der Waals surface area (Å²) in [5.74, 6) is 0.735. The number of nitrogens with two attached hydrogens (primary N) is 1. The zero-order chi connectivity index (χ0) is 16.4. The summed E-state index contributed by atoms with van der Waals surface area (Å²) in [6, 6.07) is 8.85. The Bertz CT molecular complexity index is 468. The van der Waals surface area contributed by atoms with Gasteiger partial charge in [-0.25, -0.2) is 4.79 Å². The number of hydrogen-bond acceptors (Lipinski definition) is 3. The number of thioether (sulfide) groups is 1. The summed E-state index contributed by atoms with van der Waals surface area (Å²) in [5.41, 5.74) is 6.37. The van der Waals surface area contributed by atoms with Gasteiger partial charge in [-0.15, -0.1) is 0 Å². The second-order valence-electron chi connectivity index (χ2n) is 5.00. The van der Waals surface area contributed by atoms with Crippen molar-refractivity contribution in [3.8, 4) is 0 Å². The van der Waals surface area contributed by atoms with Gasteiger partial charge in [0.15, 0.2) is 0 Å². The van der Waals surface area contributed by atoms with Crippen LogP contribution in [-0.4, -0.2) is 48.0 Å². The molecule has 1 unspecified atom stereocenters. The fourth-order valence-electron chi connectivity index (χ4n) is 2.22. The van der Waals surface area contributed by atoms with Crippen LogP contribution in [0.15, 0.2) is 30.3 Å². The number of urea groups is 1. The summed E-state index contributed by atoms with van der Waals surface area (Å²) < 4.78 is 0. The Balaban J connectivity index is 2.64. The standard InChI is InChI=1S/C16H25N3O2S/c1-3-19(11-9-13-7-5-4-6-8-13)15(20)14(10-12-22-2)18-16(17)21/h4-8,14H,3,9-12H2,1-2H3,(H3,17,18,21). The van der Waals surface area contributed by atoms with Gasteiger partial charge in [-0.1, -0.05) is 30.3 Å². The number of rotatable bonds is 9. The second-order valence-corrected chi connectivity index (χ2v) is 5.98. The van der Waals surface area contributed by atoms with Gasteiger partial charge in [0, 0.05) is 13.1 Å². The Morgan fingerprint density at radius 1 is 1.32 bits per heavy atom. The quantitative estimate of drug-likeness (QED) is 0.728. The molecule has 0 spiro atoms. The monoisotopic (exact) mass is 323 g/mol.